The Morgan fingerprint density at radius 2 is 2.25 bits per heavy atom. The third-order valence-electron chi connectivity index (χ3n) is 2.29. The third-order valence-corrected chi connectivity index (χ3v) is 3.32. The van der Waals surface area contributed by atoms with E-state index in [0.29, 0.717) is 5.75 Å². The highest BCUT2D eigenvalue weighted by molar-refractivity contribution is 7.99. The first-order chi connectivity index (χ1) is 7.68. The van der Waals surface area contributed by atoms with Gasteiger partial charge in [-0.05, 0) is 12.1 Å². The number of carboxylic acids is 1. The second-order valence-electron chi connectivity index (χ2n) is 3.43. The van der Waals surface area contributed by atoms with E-state index in [1.165, 1.54) is 11.8 Å². The maximum Gasteiger partial charge on any atom is 0.304 e. The van der Waals surface area contributed by atoms with E-state index in [9.17, 15) is 4.79 Å². The number of fused-ring (bicyclic) bond motifs is 1. The summed E-state index contributed by atoms with van der Waals surface area (Å²) in [5.74, 6) is -0.224. The first kappa shape index (κ1) is 11.0. The molecule has 0 aliphatic heterocycles. The Bertz CT molecular complexity index is 522. The lowest BCUT2D eigenvalue weighted by molar-refractivity contribution is -0.136. The van der Waals surface area contributed by atoms with Crippen LogP contribution in [0, 0.1) is 0 Å². The van der Waals surface area contributed by atoms with Gasteiger partial charge < -0.3 is 9.67 Å². The molecule has 0 bridgehead atoms. The van der Waals surface area contributed by atoms with Crippen molar-refractivity contribution in [1.82, 2.24) is 9.55 Å². The number of carboxylic acid groups (broad SMARTS) is 1. The summed E-state index contributed by atoms with van der Waals surface area (Å²) in [5.41, 5.74) is 2.02. The lowest BCUT2D eigenvalue weighted by Gasteiger charge is -1.99. The standard InChI is InChI=1S/C11H12N2O2S/c1-13-9-5-3-2-4-8(9)12-11(13)16-7-6-10(14)15/h2-5H,6-7H2,1H3,(H,14,15). The van der Waals surface area contributed by atoms with Crippen molar-refractivity contribution < 1.29 is 9.90 Å². The Kier molecular flexibility index (Phi) is 3.14. The number of carbonyl (C=O) groups is 1. The van der Waals surface area contributed by atoms with Crippen molar-refractivity contribution in [2.45, 2.75) is 11.6 Å². The second-order valence-corrected chi connectivity index (χ2v) is 4.50. The summed E-state index contributed by atoms with van der Waals surface area (Å²) in [4.78, 5) is 14.8. The van der Waals surface area contributed by atoms with E-state index >= 15 is 0 Å². The van der Waals surface area contributed by atoms with Crippen LogP contribution in [0.4, 0.5) is 0 Å². The van der Waals surface area contributed by atoms with E-state index in [1.807, 2.05) is 35.9 Å². The minimum Gasteiger partial charge on any atom is -0.481 e. The summed E-state index contributed by atoms with van der Waals surface area (Å²) >= 11 is 1.47. The lowest BCUT2D eigenvalue weighted by Crippen LogP contribution is -1.97. The van der Waals surface area contributed by atoms with Gasteiger partial charge in [0.25, 0.3) is 0 Å². The number of aromatic nitrogens is 2. The normalized spacial score (nSPS) is 10.8. The zero-order valence-corrected chi connectivity index (χ0v) is 9.70. The molecular weight excluding hydrogens is 224 g/mol. The summed E-state index contributed by atoms with van der Waals surface area (Å²) < 4.78 is 1.99. The predicted molar refractivity (Wildman–Crippen MR) is 63.7 cm³/mol. The van der Waals surface area contributed by atoms with Crippen LogP contribution in [0.1, 0.15) is 6.42 Å². The summed E-state index contributed by atoms with van der Waals surface area (Å²) in [6.07, 6.45) is 0.161. The highest BCUT2D eigenvalue weighted by Gasteiger charge is 2.07. The van der Waals surface area contributed by atoms with Crippen LogP contribution in [-0.2, 0) is 11.8 Å². The van der Waals surface area contributed by atoms with E-state index < -0.39 is 5.97 Å². The number of imidazole rings is 1. The van der Waals surface area contributed by atoms with Crippen molar-refractivity contribution in [3.05, 3.63) is 24.3 Å². The first-order valence-corrected chi connectivity index (χ1v) is 5.93. The zero-order chi connectivity index (χ0) is 11.5. The van der Waals surface area contributed by atoms with Gasteiger partial charge in [0.05, 0.1) is 17.5 Å². The molecule has 0 atom stereocenters. The number of hydrogen-bond donors (Lipinski definition) is 1. The van der Waals surface area contributed by atoms with Gasteiger partial charge in [0.2, 0.25) is 0 Å². The lowest BCUT2D eigenvalue weighted by atomic mass is 10.3. The monoisotopic (exact) mass is 236 g/mol. The molecule has 2 aromatic rings. The molecule has 1 heterocycles. The molecule has 0 radical (unpaired) electrons. The largest absolute Gasteiger partial charge is 0.481 e. The average Bonchev–Trinajstić information content (AvgIpc) is 2.56. The molecule has 84 valence electrons. The van der Waals surface area contributed by atoms with Gasteiger partial charge >= 0.3 is 5.97 Å². The Balaban J connectivity index is 2.18. The quantitative estimate of drug-likeness (QED) is 0.826. The van der Waals surface area contributed by atoms with Crippen molar-refractivity contribution in [2.75, 3.05) is 5.75 Å². The highest BCUT2D eigenvalue weighted by Crippen LogP contribution is 2.22. The fourth-order valence-corrected chi connectivity index (χ4v) is 2.40. The van der Waals surface area contributed by atoms with Gasteiger partial charge in [-0.3, -0.25) is 4.79 Å². The fourth-order valence-electron chi connectivity index (χ4n) is 1.48. The highest BCUT2D eigenvalue weighted by atomic mass is 32.2. The molecule has 0 saturated heterocycles. The molecular formula is C11H12N2O2S. The van der Waals surface area contributed by atoms with Gasteiger partial charge in [-0.25, -0.2) is 4.98 Å². The minimum absolute atomic E-state index is 0.161. The van der Waals surface area contributed by atoms with Crippen LogP contribution in [0.3, 0.4) is 0 Å². The van der Waals surface area contributed by atoms with Crippen molar-refractivity contribution in [1.29, 1.82) is 0 Å². The topological polar surface area (TPSA) is 55.1 Å². The third kappa shape index (κ3) is 2.19. The molecule has 1 N–H and O–H groups in total. The van der Waals surface area contributed by atoms with E-state index in [-0.39, 0.29) is 6.42 Å². The van der Waals surface area contributed by atoms with Crippen molar-refractivity contribution in [2.24, 2.45) is 7.05 Å². The molecule has 0 aliphatic carbocycles. The van der Waals surface area contributed by atoms with E-state index in [2.05, 4.69) is 4.98 Å². The summed E-state index contributed by atoms with van der Waals surface area (Å²) in [6.45, 7) is 0. The van der Waals surface area contributed by atoms with Crippen LogP contribution in [0.5, 0.6) is 0 Å². The summed E-state index contributed by atoms with van der Waals surface area (Å²) in [7, 11) is 1.94. The Morgan fingerprint density at radius 1 is 1.50 bits per heavy atom. The molecule has 0 aliphatic rings. The number of para-hydroxylation sites is 2. The molecule has 0 saturated carbocycles. The van der Waals surface area contributed by atoms with Crippen molar-refractivity contribution in [3.63, 3.8) is 0 Å². The molecule has 5 heteroatoms. The number of rotatable bonds is 4. The molecule has 0 spiro atoms. The Labute approximate surface area is 97.3 Å². The van der Waals surface area contributed by atoms with Crippen LogP contribution < -0.4 is 0 Å². The summed E-state index contributed by atoms with van der Waals surface area (Å²) in [5, 5.41) is 9.42. The van der Waals surface area contributed by atoms with Crippen LogP contribution >= 0.6 is 11.8 Å². The zero-order valence-electron chi connectivity index (χ0n) is 8.88. The second kappa shape index (κ2) is 4.57. The molecule has 0 unspecified atom stereocenters. The number of benzene rings is 1. The van der Waals surface area contributed by atoms with Gasteiger partial charge in [0.1, 0.15) is 0 Å². The smallest absolute Gasteiger partial charge is 0.304 e. The number of nitrogens with zero attached hydrogens (tertiary/aromatic N) is 2. The first-order valence-electron chi connectivity index (χ1n) is 4.94. The fraction of sp³-hybridized carbons (Fsp3) is 0.273. The summed E-state index contributed by atoms with van der Waals surface area (Å²) in [6, 6.07) is 7.87. The average molecular weight is 236 g/mol. The van der Waals surface area contributed by atoms with Crippen LogP contribution in [0.2, 0.25) is 0 Å². The SMILES string of the molecule is Cn1c(SCCC(=O)O)nc2ccccc21. The molecule has 16 heavy (non-hydrogen) atoms. The van der Waals surface area contributed by atoms with Gasteiger partial charge in [-0.1, -0.05) is 23.9 Å². The number of hydrogen-bond acceptors (Lipinski definition) is 3. The van der Waals surface area contributed by atoms with Crippen molar-refractivity contribution >= 4 is 28.8 Å². The molecule has 1 aromatic heterocycles. The maximum absolute atomic E-state index is 10.4. The van der Waals surface area contributed by atoms with Crippen LogP contribution in [0.25, 0.3) is 11.0 Å². The van der Waals surface area contributed by atoms with Crippen LogP contribution in [0.15, 0.2) is 29.4 Å². The molecule has 4 nitrogen and oxygen atoms in total. The molecule has 1 aromatic carbocycles. The number of thioether (sulfide) groups is 1. The molecule has 0 amide bonds. The predicted octanol–water partition coefficient (Wildman–Crippen LogP) is 2.14. The van der Waals surface area contributed by atoms with Gasteiger partial charge in [0, 0.05) is 12.8 Å². The Hall–Kier alpha value is -1.49. The maximum atomic E-state index is 10.4. The van der Waals surface area contributed by atoms with Crippen molar-refractivity contribution in [3.8, 4) is 0 Å². The Morgan fingerprint density at radius 3 is 2.94 bits per heavy atom. The molecule has 2 rings (SSSR count). The minimum atomic E-state index is -0.772. The van der Waals surface area contributed by atoms with Crippen LogP contribution in [-0.4, -0.2) is 26.4 Å². The van der Waals surface area contributed by atoms with Gasteiger partial charge in [0.15, 0.2) is 5.16 Å². The van der Waals surface area contributed by atoms with Gasteiger partial charge in [-0.15, -0.1) is 0 Å². The van der Waals surface area contributed by atoms with E-state index in [1.54, 1.807) is 0 Å². The van der Waals surface area contributed by atoms with E-state index in [4.69, 9.17) is 5.11 Å². The van der Waals surface area contributed by atoms with E-state index in [0.717, 1.165) is 16.2 Å². The molecule has 0 fully saturated rings. The number of aliphatic carboxylic acids is 1. The number of aryl methyl sites for hydroxylation is 1. The van der Waals surface area contributed by atoms with Gasteiger partial charge in [-0.2, -0.15) is 0 Å².